The van der Waals surface area contributed by atoms with Gasteiger partial charge < -0.3 is 50.1 Å². The first-order valence-corrected chi connectivity index (χ1v) is 30.9. The number of anilines is 3. The van der Waals surface area contributed by atoms with Gasteiger partial charge in [0.1, 0.15) is 0 Å². The van der Waals surface area contributed by atoms with Crippen LogP contribution < -0.4 is 31.8 Å². The van der Waals surface area contributed by atoms with Crippen LogP contribution in [0.1, 0.15) is 29.5 Å². The molecule has 518 valence electrons. The number of nitrogens with one attached hydrogen (secondary N) is 3. The topological polar surface area (TPSA) is 265 Å². The normalized spacial score (nSPS) is 15.3. The van der Waals surface area contributed by atoms with Crippen molar-refractivity contribution in [1.82, 2.24) is 43.4 Å². The Morgan fingerprint density at radius 3 is 0.856 bits per heavy atom. The van der Waals surface area contributed by atoms with Gasteiger partial charge in [0, 0.05) is 135 Å². The number of hydrogen-bond acceptors (Lipinski definition) is 13. The predicted molar refractivity (Wildman–Crippen MR) is 345 cm³/mol. The molecule has 31 heteroatoms. The molecule has 0 radical (unpaired) electrons. The number of halogens is 9. The molecule has 3 aliphatic rings. The highest BCUT2D eigenvalue weighted by molar-refractivity contribution is 5.88. The zero-order valence-corrected chi connectivity index (χ0v) is 52.2. The second-order valence-electron chi connectivity index (χ2n) is 23.4. The minimum absolute atomic E-state index is 0.121. The molecular formula is C66H71F9N12O10. The van der Waals surface area contributed by atoms with Crippen LogP contribution in [0, 0.1) is 0 Å². The smallest absolute Gasteiger partial charge is 0.416 e. The van der Waals surface area contributed by atoms with Gasteiger partial charge in [-0.3, -0.25) is 38.0 Å². The van der Waals surface area contributed by atoms with Gasteiger partial charge in [-0.25, -0.2) is 19.2 Å². The maximum Gasteiger partial charge on any atom is 0.416 e. The van der Waals surface area contributed by atoms with E-state index in [0.29, 0.717) is 76.0 Å². The van der Waals surface area contributed by atoms with E-state index in [-0.39, 0.29) is 17.1 Å². The number of nitrogens with zero attached hydrogens (tertiary/aromatic N) is 9. The number of imidazole rings is 3. The van der Waals surface area contributed by atoms with Gasteiger partial charge in [0.15, 0.2) is 5.60 Å². The van der Waals surface area contributed by atoms with Crippen molar-refractivity contribution in [2.24, 2.45) is 0 Å². The molecule has 12 rings (SSSR count). The number of carboxylic acid groups (broad SMARTS) is 3. The summed E-state index contributed by atoms with van der Waals surface area (Å²) in [5, 5.41) is 33.8. The lowest BCUT2D eigenvalue weighted by Crippen LogP contribution is -2.47. The summed E-state index contributed by atoms with van der Waals surface area (Å²) in [6, 6.07) is 39.2. The average molecular weight is 1360 g/mol. The first kappa shape index (κ1) is 71.4. The number of para-hydroxylation sites is 6. The number of hydrogen-bond donors (Lipinski definition) is 7. The van der Waals surface area contributed by atoms with E-state index in [9.17, 15) is 68.3 Å². The number of aromatic amines is 3. The number of aromatic nitrogens is 6. The van der Waals surface area contributed by atoms with Crippen molar-refractivity contribution in [3.05, 3.63) is 194 Å². The third-order valence-electron chi connectivity index (χ3n) is 17.0. The molecule has 6 aromatic carbocycles. The van der Waals surface area contributed by atoms with E-state index in [2.05, 4.69) is 29.7 Å². The number of rotatable bonds is 17. The number of piperazine rings is 3. The Labute approximate surface area is 547 Å². The van der Waals surface area contributed by atoms with E-state index in [1.54, 1.807) is 31.9 Å². The average Bonchev–Trinajstić information content (AvgIpc) is 1.65. The molecule has 97 heavy (non-hydrogen) atoms. The zero-order valence-electron chi connectivity index (χ0n) is 52.2. The molecular weight excluding hydrogens is 1290 g/mol. The molecule has 9 aromatic rings. The fourth-order valence-electron chi connectivity index (χ4n) is 11.8. The maximum absolute atomic E-state index is 12.9. The van der Waals surface area contributed by atoms with Crippen LogP contribution in [0.25, 0.3) is 33.1 Å². The van der Waals surface area contributed by atoms with Gasteiger partial charge >= 0.3 is 53.5 Å². The minimum Gasteiger partial charge on any atom is -0.481 e. The molecule has 0 atom stereocenters. The molecule has 0 unspecified atom stereocenters. The second-order valence-corrected chi connectivity index (χ2v) is 23.4. The van der Waals surface area contributed by atoms with E-state index in [1.807, 2.05) is 87.5 Å². The number of fused-ring (bicyclic) bond motifs is 3. The minimum atomic E-state index is -4.33. The molecule has 6 heterocycles. The van der Waals surface area contributed by atoms with Crippen molar-refractivity contribution < 1.29 is 74.3 Å². The quantitative estimate of drug-likeness (QED) is 0.0423. The van der Waals surface area contributed by atoms with Crippen molar-refractivity contribution in [1.29, 1.82) is 0 Å². The van der Waals surface area contributed by atoms with E-state index in [1.165, 1.54) is 36.4 Å². The van der Waals surface area contributed by atoms with Gasteiger partial charge in [0.2, 0.25) is 0 Å². The van der Waals surface area contributed by atoms with E-state index in [0.717, 1.165) is 110 Å². The first-order valence-electron chi connectivity index (χ1n) is 30.9. The van der Waals surface area contributed by atoms with Gasteiger partial charge in [-0.1, -0.05) is 54.6 Å². The van der Waals surface area contributed by atoms with Crippen LogP contribution >= 0.6 is 0 Å². The van der Waals surface area contributed by atoms with Crippen molar-refractivity contribution in [2.45, 2.75) is 56.6 Å². The summed E-state index contributed by atoms with van der Waals surface area (Å²) in [4.78, 5) is 88.1. The molecule has 0 bridgehead atoms. The van der Waals surface area contributed by atoms with Crippen molar-refractivity contribution >= 4 is 68.1 Å². The maximum atomic E-state index is 12.9. The lowest BCUT2D eigenvalue weighted by Gasteiger charge is -2.36. The highest BCUT2D eigenvalue weighted by atomic mass is 19.4. The van der Waals surface area contributed by atoms with E-state index >= 15 is 0 Å². The number of alkyl halides is 9. The Kier molecular flexibility index (Phi) is 22.8. The Morgan fingerprint density at radius 1 is 0.361 bits per heavy atom. The number of H-pyrrole nitrogens is 3. The van der Waals surface area contributed by atoms with E-state index in [4.69, 9.17) is 20.4 Å². The van der Waals surface area contributed by atoms with Gasteiger partial charge in [-0.05, 0) is 91.0 Å². The number of aliphatic hydroxyl groups is 1. The van der Waals surface area contributed by atoms with Crippen LogP contribution in [0.4, 0.5) is 56.6 Å². The van der Waals surface area contributed by atoms with Crippen LogP contribution in [0.15, 0.2) is 160 Å². The summed E-state index contributed by atoms with van der Waals surface area (Å²) in [7, 11) is 0. The highest BCUT2D eigenvalue weighted by Gasteiger charge is 2.41. The third kappa shape index (κ3) is 18.8. The SMILES string of the molecule is O=C(O)CC(O)(CC(=O)O)C(=O)O.O=c1[nH]c2ccccc2n1CCN1CCN(c2cccc(C(F)(F)F)c2)CC1.O=c1[nH]c2ccccc2n1CCN1CCN(c2cccc(C(F)(F)F)c2)CC1.O=c1[nH]c2ccccc2n1CCN1CCN(c2cccc(C(F)(F)F)c2)CC1. The molecule has 3 fully saturated rings. The standard InChI is InChI=1S/3C20H21F3N4O.C6H8O7/c3*21-20(22,23)15-4-3-5-16(14-15)26-11-8-25(9-12-26)10-13-27-18-7-2-1-6-17(18)24-19(27)28;7-3(8)1-6(13,5(11)12)2-4(9)10/h3*1-7,14H,8-13H2,(H,24,28);13H,1-2H2,(H,7,8)(H,9,10)(H,11,12). The number of benzene rings is 6. The lowest BCUT2D eigenvalue weighted by atomic mass is 9.96. The molecule has 3 aliphatic heterocycles. The third-order valence-corrected chi connectivity index (χ3v) is 17.0. The molecule has 3 aromatic heterocycles. The molecule has 7 N–H and O–H groups in total. The van der Waals surface area contributed by atoms with Gasteiger partial charge in [-0.2, -0.15) is 39.5 Å². The Balaban J connectivity index is 0.000000157. The molecule has 22 nitrogen and oxygen atoms in total. The zero-order chi connectivity index (χ0) is 69.8. The van der Waals surface area contributed by atoms with Gasteiger partial charge in [0.05, 0.1) is 62.6 Å². The van der Waals surface area contributed by atoms with Crippen molar-refractivity contribution in [3.8, 4) is 0 Å². The summed E-state index contributed by atoms with van der Waals surface area (Å²) in [6.07, 6.45) is -15.3. The molecule has 0 amide bonds. The Morgan fingerprint density at radius 2 is 0.619 bits per heavy atom. The number of aliphatic carboxylic acids is 3. The van der Waals surface area contributed by atoms with Gasteiger partial charge in [0.25, 0.3) is 0 Å². The molecule has 0 spiro atoms. The van der Waals surface area contributed by atoms with Crippen LogP contribution in [-0.2, 0) is 52.5 Å². The summed E-state index contributed by atoms with van der Waals surface area (Å²) < 4.78 is 121. The van der Waals surface area contributed by atoms with Crippen LogP contribution in [-0.4, -0.2) is 185 Å². The Bertz CT molecular complexity index is 3930. The summed E-state index contributed by atoms with van der Waals surface area (Å²) in [6.45, 7) is 12.3. The Hall–Kier alpha value is -9.85. The first-order chi connectivity index (χ1) is 46.0. The number of carboxylic acids is 3. The summed E-state index contributed by atoms with van der Waals surface area (Å²) >= 11 is 0. The monoisotopic (exact) mass is 1360 g/mol. The lowest BCUT2D eigenvalue weighted by molar-refractivity contribution is -0.170. The number of carbonyl (C=O) groups is 3. The molecule has 3 saturated heterocycles. The molecule has 0 aliphatic carbocycles. The van der Waals surface area contributed by atoms with Gasteiger partial charge in [-0.15, -0.1) is 0 Å². The second kappa shape index (κ2) is 30.9. The van der Waals surface area contributed by atoms with Crippen LogP contribution in [0.2, 0.25) is 0 Å². The predicted octanol–water partition coefficient (Wildman–Crippen LogP) is 8.26. The van der Waals surface area contributed by atoms with Crippen LogP contribution in [0.3, 0.4) is 0 Å². The fraction of sp³-hybridized carbons (Fsp3) is 0.364. The van der Waals surface area contributed by atoms with Crippen LogP contribution in [0.5, 0.6) is 0 Å². The summed E-state index contributed by atoms with van der Waals surface area (Å²) in [5.74, 6) is -5.02. The summed E-state index contributed by atoms with van der Waals surface area (Å²) in [5.41, 5.74) is 1.95. The fourth-order valence-corrected chi connectivity index (χ4v) is 11.8. The largest absolute Gasteiger partial charge is 0.481 e. The van der Waals surface area contributed by atoms with Crippen molar-refractivity contribution in [3.63, 3.8) is 0 Å². The molecule has 0 saturated carbocycles. The van der Waals surface area contributed by atoms with Crippen molar-refractivity contribution in [2.75, 3.05) is 113 Å². The van der Waals surface area contributed by atoms with E-state index < -0.39 is 71.6 Å². The highest BCUT2D eigenvalue weighted by Crippen LogP contribution is 2.35.